The topological polar surface area (TPSA) is 49.8 Å². The van der Waals surface area contributed by atoms with Crippen molar-refractivity contribution < 1.29 is 0 Å². The molecule has 1 aliphatic rings. The van der Waals surface area contributed by atoms with E-state index in [1.165, 1.54) is 18.4 Å². The minimum absolute atomic E-state index is 0.0915. The molecule has 2 N–H and O–H groups in total. The zero-order valence-corrected chi connectivity index (χ0v) is 14.3. The van der Waals surface area contributed by atoms with E-state index < -0.39 is 0 Å². The van der Waals surface area contributed by atoms with E-state index in [4.69, 9.17) is 23.8 Å². The minimum Gasteiger partial charge on any atom is -0.361 e. The van der Waals surface area contributed by atoms with Gasteiger partial charge in [-0.15, -0.1) is 0 Å². The molecule has 6 heteroatoms. The Morgan fingerprint density at radius 3 is 2.61 bits per heavy atom. The summed E-state index contributed by atoms with van der Waals surface area (Å²) in [6, 6.07) is 9.95. The van der Waals surface area contributed by atoms with E-state index in [1.54, 1.807) is 18.5 Å². The summed E-state index contributed by atoms with van der Waals surface area (Å²) in [5.74, 6) is 0.508. The first-order valence-electron chi connectivity index (χ1n) is 7.76. The molecule has 4 nitrogen and oxygen atoms in total. The summed E-state index contributed by atoms with van der Waals surface area (Å²) in [5.41, 5.74) is 1.38. The molecule has 0 atom stereocenters. The number of nitrogens with zero attached hydrogens (tertiary/aromatic N) is 2. The smallest absolute Gasteiger partial charge is 0.228 e. The van der Waals surface area contributed by atoms with E-state index in [0.717, 1.165) is 24.4 Å². The standard InChI is InChI=1S/C17H19ClN4S/c18-14-6-3-5-13(11-14)17(7-1-2-8-17)12-21-16(23)22-15-19-9-4-10-20-15/h3-6,9-11H,1-2,7-8,12H2,(H2,19,20,21,22,23). The number of benzene rings is 1. The highest BCUT2D eigenvalue weighted by molar-refractivity contribution is 7.80. The van der Waals surface area contributed by atoms with Crippen molar-refractivity contribution in [2.45, 2.75) is 31.1 Å². The van der Waals surface area contributed by atoms with Gasteiger partial charge >= 0.3 is 0 Å². The molecule has 0 unspecified atom stereocenters. The monoisotopic (exact) mass is 346 g/mol. The van der Waals surface area contributed by atoms with Gasteiger partial charge in [0.1, 0.15) is 0 Å². The molecule has 0 aliphatic heterocycles. The van der Waals surface area contributed by atoms with Crippen LogP contribution in [-0.4, -0.2) is 21.6 Å². The number of aromatic nitrogens is 2. The summed E-state index contributed by atoms with van der Waals surface area (Å²) < 4.78 is 0. The predicted octanol–water partition coefficient (Wildman–Crippen LogP) is 3.93. The number of thiocarbonyl (C=S) groups is 1. The molecule has 120 valence electrons. The van der Waals surface area contributed by atoms with E-state index >= 15 is 0 Å². The molecule has 1 fully saturated rings. The molecule has 3 rings (SSSR count). The van der Waals surface area contributed by atoms with Gasteiger partial charge in [-0.3, -0.25) is 0 Å². The summed E-state index contributed by atoms with van der Waals surface area (Å²) in [6.45, 7) is 0.784. The SMILES string of the molecule is S=C(NCC1(c2cccc(Cl)c2)CCCC1)Nc1ncccn1. The highest BCUT2D eigenvalue weighted by Crippen LogP contribution is 2.41. The second kappa shape index (κ2) is 7.23. The summed E-state index contributed by atoms with van der Waals surface area (Å²) in [4.78, 5) is 8.24. The van der Waals surface area contributed by atoms with E-state index in [9.17, 15) is 0 Å². The van der Waals surface area contributed by atoms with Crippen molar-refractivity contribution in [2.75, 3.05) is 11.9 Å². The van der Waals surface area contributed by atoms with Crippen LogP contribution in [0.4, 0.5) is 5.95 Å². The molecular formula is C17H19ClN4S. The average Bonchev–Trinajstić information content (AvgIpc) is 3.04. The van der Waals surface area contributed by atoms with E-state index in [2.05, 4.69) is 32.7 Å². The minimum atomic E-state index is 0.0915. The lowest BCUT2D eigenvalue weighted by atomic mass is 9.79. The van der Waals surface area contributed by atoms with Crippen LogP contribution in [0.5, 0.6) is 0 Å². The number of anilines is 1. The Balaban J connectivity index is 1.67. The van der Waals surface area contributed by atoms with Gasteiger partial charge in [0.15, 0.2) is 5.11 Å². The van der Waals surface area contributed by atoms with E-state index in [1.807, 2.05) is 12.1 Å². The van der Waals surface area contributed by atoms with Crippen molar-refractivity contribution >= 4 is 34.9 Å². The van der Waals surface area contributed by atoms with Crippen LogP contribution < -0.4 is 10.6 Å². The summed E-state index contributed by atoms with van der Waals surface area (Å²) in [7, 11) is 0. The lowest BCUT2D eigenvalue weighted by molar-refractivity contribution is 0.435. The Hall–Kier alpha value is -1.72. The lowest BCUT2D eigenvalue weighted by Crippen LogP contribution is -2.41. The Labute approximate surface area is 146 Å². The van der Waals surface area contributed by atoms with Gasteiger partial charge in [0, 0.05) is 29.4 Å². The molecule has 0 bridgehead atoms. The van der Waals surface area contributed by atoms with Crippen LogP contribution in [0.1, 0.15) is 31.2 Å². The first kappa shape index (κ1) is 16.1. The van der Waals surface area contributed by atoms with Crippen molar-refractivity contribution in [3.05, 3.63) is 53.3 Å². The maximum absolute atomic E-state index is 6.18. The fraction of sp³-hybridized carbons (Fsp3) is 0.353. The fourth-order valence-corrected chi connectivity index (χ4v) is 3.55. The van der Waals surface area contributed by atoms with Gasteiger partial charge in [-0.1, -0.05) is 36.6 Å². The third-order valence-electron chi connectivity index (χ3n) is 4.38. The van der Waals surface area contributed by atoms with Gasteiger partial charge in [0.2, 0.25) is 5.95 Å². The molecular weight excluding hydrogens is 328 g/mol. The van der Waals surface area contributed by atoms with Gasteiger partial charge in [-0.2, -0.15) is 0 Å². The first-order valence-corrected chi connectivity index (χ1v) is 8.55. The summed E-state index contributed by atoms with van der Waals surface area (Å²) in [6.07, 6.45) is 8.12. The van der Waals surface area contributed by atoms with Crippen LogP contribution in [0.15, 0.2) is 42.7 Å². The number of halogens is 1. The van der Waals surface area contributed by atoms with Gasteiger partial charge < -0.3 is 10.6 Å². The predicted molar refractivity (Wildman–Crippen MR) is 97.9 cm³/mol. The molecule has 1 aromatic heterocycles. The molecule has 1 saturated carbocycles. The third-order valence-corrected chi connectivity index (χ3v) is 4.86. The number of hydrogen-bond donors (Lipinski definition) is 2. The molecule has 23 heavy (non-hydrogen) atoms. The maximum atomic E-state index is 6.18. The first-order chi connectivity index (χ1) is 11.2. The molecule has 0 spiro atoms. The second-order valence-electron chi connectivity index (χ2n) is 5.88. The number of nitrogens with one attached hydrogen (secondary N) is 2. The zero-order valence-electron chi connectivity index (χ0n) is 12.8. The van der Waals surface area contributed by atoms with Crippen molar-refractivity contribution in [3.8, 4) is 0 Å². The van der Waals surface area contributed by atoms with Crippen LogP contribution >= 0.6 is 23.8 Å². The molecule has 0 radical (unpaired) electrons. The van der Waals surface area contributed by atoms with Gasteiger partial charge in [-0.25, -0.2) is 9.97 Å². The highest BCUT2D eigenvalue weighted by atomic mass is 35.5. The van der Waals surface area contributed by atoms with Crippen molar-refractivity contribution in [3.63, 3.8) is 0 Å². The summed E-state index contributed by atoms with van der Waals surface area (Å²) in [5, 5.41) is 7.68. The molecule has 0 amide bonds. The van der Waals surface area contributed by atoms with Crippen LogP contribution in [0.25, 0.3) is 0 Å². The second-order valence-corrected chi connectivity index (χ2v) is 6.72. The molecule has 1 aliphatic carbocycles. The van der Waals surface area contributed by atoms with Crippen LogP contribution in [0.2, 0.25) is 5.02 Å². The number of rotatable bonds is 4. The molecule has 1 heterocycles. The maximum Gasteiger partial charge on any atom is 0.228 e. The van der Waals surface area contributed by atoms with Gasteiger partial charge in [-0.05, 0) is 48.8 Å². The largest absolute Gasteiger partial charge is 0.361 e. The van der Waals surface area contributed by atoms with Crippen molar-refractivity contribution in [1.82, 2.24) is 15.3 Å². The Morgan fingerprint density at radius 1 is 1.17 bits per heavy atom. The van der Waals surface area contributed by atoms with Crippen LogP contribution in [0.3, 0.4) is 0 Å². The lowest BCUT2D eigenvalue weighted by Gasteiger charge is -2.30. The van der Waals surface area contributed by atoms with E-state index in [0.29, 0.717) is 11.1 Å². The summed E-state index contributed by atoms with van der Waals surface area (Å²) >= 11 is 11.5. The zero-order chi connectivity index (χ0) is 16.1. The van der Waals surface area contributed by atoms with Gasteiger partial charge in [0.05, 0.1) is 0 Å². The van der Waals surface area contributed by atoms with Crippen molar-refractivity contribution in [1.29, 1.82) is 0 Å². The average molecular weight is 347 g/mol. The van der Waals surface area contributed by atoms with Gasteiger partial charge in [0.25, 0.3) is 0 Å². The normalized spacial score (nSPS) is 16.0. The fourth-order valence-electron chi connectivity index (χ4n) is 3.20. The quantitative estimate of drug-likeness (QED) is 0.821. The molecule has 0 saturated heterocycles. The van der Waals surface area contributed by atoms with Crippen LogP contribution in [0, 0.1) is 0 Å². The van der Waals surface area contributed by atoms with E-state index in [-0.39, 0.29) is 5.41 Å². The Morgan fingerprint density at radius 2 is 1.91 bits per heavy atom. The van der Waals surface area contributed by atoms with Crippen molar-refractivity contribution in [2.24, 2.45) is 0 Å². The van der Waals surface area contributed by atoms with Crippen LogP contribution in [-0.2, 0) is 5.41 Å². The molecule has 2 aromatic rings. The third kappa shape index (κ3) is 3.98. The number of hydrogen-bond acceptors (Lipinski definition) is 3. The molecule has 1 aromatic carbocycles. The highest BCUT2D eigenvalue weighted by Gasteiger charge is 2.35. The Kier molecular flexibility index (Phi) is 5.08. The Bertz CT molecular complexity index is 671.